The number of nitrogens with two attached hydrogens (primary N) is 1. The van der Waals surface area contributed by atoms with Crippen LogP contribution in [0.25, 0.3) is 0 Å². The van der Waals surface area contributed by atoms with E-state index < -0.39 is 5.54 Å². The molecule has 192 valence electrons. The molecule has 7 rings (SSSR count). The number of hydrogen-bond donors (Lipinski definition) is 2. The molecule has 2 amide bonds. The zero-order chi connectivity index (χ0) is 25.6. The summed E-state index contributed by atoms with van der Waals surface area (Å²) in [7, 11) is 0. The van der Waals surface area contributed by atoms with Gasteiger partial charge in [-0.15, -0.1) is 0 Å². The first-order chi connectivity index (χ1) is 17.9. The topological polar surface area (TPSA) is 97.0 Å². The zero-order valence-electron chi connectivity index (χ0n) is 21.5. The van der Waals surface area contributed by atoms with E-state index in [0.29, 0.717) is 36.7 Å². The fourth-order valence-electron chi connectivity index (χ4n) is 7.56. The molecular formula is C30H34N4O3. The van der Waals surface area contributed by atoms with Crippen molar-refractivity contribution >= 4 is 17.8 Å². The predicted octanol–water partition coefficient (Wildman–Crippen LogP) is 4.31. The van der Waals surface area contributed by atoms with Crippen molar-refractivity contribution in [1.82, 2.24) is 10.2 Å². The molecule has 3 aliphatic carbocycles. The highest BCUT2D eigenvalue weighted by molar-refractivity contribution is 6.00. The average molecular weight is 499 g/mol. The predicted molar refractivity (Wildman–Crippen MR) is 140 cm³/mol. The molecule has 1 spiro atoms. The number of ether oxygens (including phenoxy) is 1. The Bertz CT molecular complexity index is 1360. The first-order valence-corrected chi connectivity index (χ1v) is 13.7. The number of guanidine groups is 1. The van der Waals surface area contributed by atoms with Crippen LogP contribution in [0.3, 0.4) is 0 Å². The van der Waals surface area contributed by atoms with Gasteiger partial charge >= 0.3 is 0 Å². The van der Waals surface area contributed by atoms with Crippen molar-refractivity contribution in [2.75, 3.05) is 6.61 Å². The quantitative estimate of drug-likeness (QED) is 0.642. The van der Waals surface area contributed by atoms with E-state index >= 15 is 0 Å². The number of benzene rings is 2. The highest BCUT2D eigenvalue weighted by Gasteiger charge is 2.75. The lowest BCUT2D eigenvalue weighted by molar-refractivity contribution is -0.132. The Labute approximate surface area is 217 Å². The Morgan fingerprint density at radius 3 is 2.62 bits per heavy atom. The first kappa shape index (κ1) is 22.8. The highest BCUT2D eigenvalue weighted by Crippen LogP contribution is 2.76. The van der Waals surface area contributed by atoms with Crippen molar-refractivity contribution in [1.29, 1.82) is 0 Å². The van der Waals surface area contributed by atoms with E-state index in [9.17, 15) is 9.59 Å². The number of hydrogen-bond acceptors (Lipinski definition) is 5. The van der Waals surface area contributed by atoms with Gasteiger partial charge in [0.2, 0.25) is 5.91 Å². The van der Waals surface area contributed by atoms with Crippen LogP contribution in [0, 0.1) is 5.92 Å². The van der Waals surface area contributed by atoms with Gasteiger partial charge in [-0.1, -0.05) is 38.1 Å². The van der Waals surface area contributed by atoms with Gasteiger partial charge in [0.1, 0.15) is 5.75 Å². The van der Waals surface area contributed by atoms with Crippen molar-refractivity contribution in [2.45, 2.75) is 81.3 Å². The third kappa shape index (κ3) is 3.09. The van der Waals surface area contributed by atoms with E-state index in [1.54, 1.807) is 4.90 Å². The molecule has 0 unspecified atom stereocenters. The first-order valence-electron chi connectivity index (χ1n) is 13.7. The molecule has 5 aliphatic rings. The summed E-state index contributed by atoms with van der Waals surface area (Å²) in [5.74, 6) is 1.37. The fourth-order valence-corrected chi connectivity index (χ4v) is 7.56. The van der Waals surface area contributed by atoms with Crippen LogP contribution < -0.4 is 15.8 Å². The standard InChI is InChI=1S/C30H34N4O3/c1-3-28(4-2)17-25(35)34(27(31)33-28)22-11-14-37-23-10-9-18(15-19(22)23)26(36)32-30-16-24(30)29(12-13-29)20-7-5-6-8-21(20)30/h5-10,15,22,24H,3-4,11-14,16-17H2,1-2H3,(H2,31,33)(H,32,36)/t22-,24+,30+/m1/s1. The number of fused-ring (bicyclic) bond motifs is 6. The summed E-state index contributed by atoms with van der Waals surface area (Å²) in [6.45, 7) is 4.59. The maximum Gasteiger partial charge on any atom is 0.251 e. The molecule has 0 bridgehead atoms. The highest BCUT2D eigenvalue weighted by atomic mass is 16.5. The van der Waals surface area contributed by atoms with Gasteiger partial charge in [-0.3, -0.25) is 14.5 Å². The molecule has 0 aromatic heterocycles. The molecule has 2 fully saturated rings. The molecular weight excluding hydrogens is 464 g/mol. The molecule has 3 atom stereocenters. The number of carbonyl (C=O) groups excluding carboxylic acids is 2. The summed E-state index contributed by atoms with van der Waals surface area (Å²) in [6, 6.07) is 13.9. The van der Waals surface area contributed by atoms with Gasteiger partial charge in [-0.05, 0) is 67.3 Å². The molecule has 0 saturated heterocycles. The van der Waals surface area contributed by atoms with E-state index in [1.165, 1.54) is 24.0 Å². The van der Waals surface area contributed by atoms with Crippen LogP contribution in [0.15, 0.2) is 47.5 Å². The molecule has 37 heavy (non-hydrogen) atoms. The van der Waals surface area contributed by atoms with Crippen molar-refractivity contribution in [3.63, 3.8) is 0 Å². The fraction of sp³-hybridized carbons (Fsp3) is 0.500. The normalized spacial score (nSPS) is 29.5. The van der Waals surface area contributed by atoms with Crippen LogP contribution in [-0.2, 0) is 15.7 Å². The monoisotopic (exact) mass is 498 g/mol. The molecule has 2 aromatic carbocycles. The Morgan fingerprint density at radius 2 is 1.92 bits per heavy atom. The summed E-state index contributed by atoms with van der Waals surface area (Å²) < 4.78 is 5.93. The van der Waals surface area contributed by atoms with Gasteiger partial charge in [0, 0.05) is 23.0 Å². The van der Waals surface area contributed by atoms with Gasteiger partial charge in [0.25, 0.3) is 5.91 Å². The van der Waals surface area contributed by atoms with E-state index in [-0.39, 0.29) is 34.8 Å². The van der Waals surface area contributed by atoms with Gasteiger partial charge in [0.15, 0.2) is 5.96 Å². The Kier molecular flexibility index (Phi) is 4.68. The lowest BCUT2D eigenvalue weighted by Gasteiger charge is -2.41. The smallest absolute Gasteiger partial charge is 0.251 e. The molecule has 3 N–H and O–H groups in total. The Balaban J connectivity index is 1.19. The average Bonchev–Trinajstić information content (AvgIpc) is 3.82. The van der Waals surface area contributed by atoms with Crippen molar-refractivity contribution < 1.29 is 14.3 Å². The maximum absolute atomic E-state index is 13.7. The van der Waals surface area contributed by atoms with Crippen molar-refractivity contribution in [2.24, 2.45) is 16.6 Å². The zero-order valence-corrected chi connectivity index (χ0v) is 21.5. The van der Waals surface area contributed by atoms with Gasteiger partial charge < -0.3 is 15.8 Å². The van der Waals surface area contributed by atoms with Gasteiger partial charge in [-0.2, -0.15) is 0 Å². The SMILES string of the molecule is CCC1(CC)CC(=O)N([C@@H]2CCOc3ccc(C(=O)N[C@]45C[C@H]4C4(CC4)c4ccccc45)cc32)C(N)=N1. The summed E-state index contributed by atoms with van der Waals surface area (Å²) >= 11 is 0. The second kappa shape index (κ2) is 7.59. The molecule has 7 heteroatoms. The van der Waals surface area contributed by atoms with Crippen LogP contribution in [0.5, 0.6) is 5.75 Å². The van der Waals surface area contributed by atoms with Crippen LogP contribution in [0.4, 0.5) is 0 Å². The number of amides is 2. The minimum Gasteiger partial charge on any atom is -0.493 e. The lowest BCUT2D eigenvalue weighted by atomic mass is 9.87. The maximum atomic E-state index is 13.7. The lowest BCUT2D eigenvalue weighted by Crippen LogP contribution is -2.53. The second-order valence-electron chi connectivity index (χ2n) is 11.6. The Hall–Kier alpha value is -3.35. The number of nitrogens with one attached hydrogen (secondary N) is 1. The summed E-state index contributed by atoms with van der Waals surface area (Å²) in [5, 5.41) is 3.43. The Morgan fingerprint density at radius 1 is 1.16 bits per heavy atom. The number of aliphatic imine (C=N–C) groups is 1. The summed E-state index contributed by atoms with van der Waals surface area (Å²) in [4.78, 5) is 33.4. The van der Waals surface area contributed by atoms with Gasteiger partial charge in [-0.25, -0.2) is 4.99 Å². The third-order valence-electron chi connectivity index (χ3n) is 9.95. The summed E-state index contributed by atoms with van der Waals surface area (Å²) in [6.07, 6.45) is 5.93. The van der Waals surface area contributed by atoms with Crippen LogP contribution in [0.1, 0.15) is 91.9 Å². The number of rotatable bonds is 5. The molecule has 2 aromatic rings. The summed E-state index contributed by atoms with van der Waals surface area (Å²) in [5.41, 5.74) is 10.2. The van der Waals surface area contributed by atoms with Crippen LogP contribution in [0.2, 0.25) is 0 Å². The minimum absolute atomic E-state index is 0.0130. The minimum atomic E-state index is -0.427. The third-order valence-corrected chi connectivity index (χ3v) is 9.95. The molecule has 7 nitrogen and oxygen atoms in total. The van der Waals surface area contributed by atoms with Crippen molar-refractivity contribution in [3.8, 4) is 5.75 Å². The van der Waals surface area contributed by atoms with E-state index in [0.717, 1.165) is 24.8 Å². The number of nitrogens with zero attached hydrogens (tertiary/aromatic N) is 2. The van der Waals surface area contributed by atoms with E-state index in [4.69, 9.17) is 15.5 Å². The molecule has 0 radical (unpaired) electrons. The van der Waals surface area contributed by atoms with Crippen LogP contribution >= 0.6 is 0 Å². The van der Waals surface area contributed by atoms with E-state index in [1.807, 2.05) is 18.2 Å². The number of carbonyl (C=O) groups is 2. The van der Waals surface area contributed by atoms with E-state index in [2.05, 4.69) is 43.4 Å². The van der Waals surface area contributed by atoms with Crippen LogP contribution in [-0.4, -0.2) is 34.8 Å². The molecule has 2 heterocycles. The molecule has 2 saturated carbocycles. The largest absolute Gasteiger partial charge is 0.493 e. The molecule has 2 aliphatic heterocycles. The second-order valence-corrected chi connectivity index (χ2v) is 11.6. The van der Waals surface area contributed by atoms with Gasteiger partial charge in [0.05, 0.1) is 30.1 Å². The van der Waals surface area contributed by atoms with Crippen molar-refractivity contribution in [3.05, 3.63) is 64.7 Å².